The van der Waals surface area contributed by atoms with Gasteiger partial charge in [-0.05, 0) is 41.5 Å². The van der Waals surface area contributed by atoms with Crippen molar-refractivity contribution < 1.29 is 51.0 Å². The molecule has 0 unspecified atom stereocenters. The molecule has 0 aromatic carbocycles. The molecule has 0 aliphatic heterocycles. The molecule has 3 N–H and O–H groups in total. The fraction of sp³-hybridized carbons (Fsp3) is 0.526. The van der Waals surface area contributed by atoms with Crippen LogP contribution < -0.4 is 24.8 Å². The Kier molecular flexibility index (Phi) is 8.99. The molecule has 3 aromatic rings. The maximum Gasteiger partial charge on any atom is 0.186 e. The van der Waals surface area contributed by atoms with E-state index in [1.807, 2.05) is 0 Å². The summed E-state index contributed by atoms with van der Waals surface area (Å²) in [6, 6.07) is 0. The van der Waals surface area contributed by atoms with Crippen molar-refractivity contribution in [1.29, 1.82) is 0 Å². The second-order valence-corrected chi connectivity index (χ2v) is 8.15. The van der Waals surface area contributed by atoms with Crippen molar-refractivity contribution >= 4 is 0 Å². The summed E-state index contributed by atoms with van der Waals surface area (Å²) in [5.41, 5.74) is 9.24. The number of H-pyrrole nitrogens is 3. The van der Waals surface area contributed by atoms with E-state index in [1.165, 1.54) is 16.7 Å². The van der Waals surface area contributed by atoms with Gasteiger partial charge in [-0.25, -0.2) is 0 Å². The number of hydrogen-bond acceptors (Lipinski definition) is 3. The van der Waals surface area contributed by atoms with Gasteiger partial charge in [0.2, 0.25) is 0 Å². The van der Waals surface area contributed by atoms with Crippen molar-refractivity contribution in [3.63, 3.8) is 0 Å². The number of nitrogens with one attached hydrogen (secondary N) is 3. The molecule has 10 heteroatoms. The minimum atomic E-state index is -0.497. The van der Waals surface area contributed by atoms with Crippen LogP contribution in [-0.4, -0.2) is 56.2 Å². The summed E-state index contributed by atoms with van der Waals surface area (Å²) in [7, 11) is 6.68. The monoisotopic (exact) mass is 474 g/mol. The van der Waals surface area contributed by atoms with Gasteiger partial charge in [-0.15, -0.1) is 0 Å². The smallest absolute Gasteiger partial charge is 0.186 e. The Bertz CT molecular complexity index is 795. The van der Waals surface area contributed by atoms with Gasteiger partial charge in [-0.3, -0.25) is 15.3 Å². The second kappa shape index (κ2) is 9.35. The van der Waals surface area contributed by atoms with Crippen molar-refractivity contribution in [2.45, 2.75) is 47.1 Å². The van der Waals surface area contributed by atoms with Crippen LogP contribution in [0.3, 0.4) is 0 Å². The maximum absolute atomic E-state index is 4.54. The average molecular weight is 475 g/mol. The molecule has 0 aliphatic rings. The minimum absolute atomic E-state index is 0. The van der Waals surface area contributed by atoms with E-state index in [0.717, 1.165) is 34.2 Å². The molecular weight excluding hydrogens is 445 g/mol. The van der Waals surface area contributed by atoms with Gasteiger partial charge in [0, 0.05) is 38.8 Å². The molecule has 3 rings (SSSR count). The predicted octanol–water partition coefficient (Wildman–Crippen LogP) is -3.29. The summed E-state index contributed by atoms with van der Waals surface area (Å²) >= 11 is 0. The van der Waals surface area contributed by atoms with Crippen LogP contribution in [0, 0.1) is 41.5 Å². The molecule has 0 saturated carbocycles. The summed E-state index contributed by atoms with van der Waals surface area (Å²) in [5.74, 6) is 0. The molecule has 160 valence electrons. The zero-order valence-electron chi connectivity index (χ0n) is 18.5. The van der Waals surface area contributed by atoms with E-state index in [-0.39, 0.29) is 46.5 Å². The first-order valence-corrected chi connectivity index (χ1v) is 8.91. The Morgan fingerprint density at radius 1 is 0.586 bits per heavy atom. The average Bonchev–Trinajstić information content (AvgIpc) is 3.15. The van der Waals surface area contributed by atoms with Crippen LogP contribution in [-0.2, 0) is 27.3 Å². The first-order valence-electron chi connectivity index (χ1n) is 8.91. The molecule has 0 radical (unpaired) electrons. The Morgan fingerprint density at radius 2 is 0.828 bits per heavy atom. The minimum Gasteiger partial charge on any atom is -1.00 e. The van der Waals surface area contributed by atoms with Crippen LogP contribution in [0.4, 0.5) is 0 Å². The first-order chi connectivity index (χ1) is 12.0. The van der Waals surface area contributed by atoms with E-state index < -0.39 is 5.54 Å². The van der Waals surface area contributed by atoms with Crippen LogP contribution in [0.5, 0.6) is 0 Å². The van der Waals surface area contributed by atoms with Gasteiger partial charge in [0.15, 0.2) is 5.54 Å². The molecule has 29 heavy (non-hydrogen) atoms. The summed E-state index contributed by atoms with van der Waals surface area (Å²) < 4.78 is 0.649. The SMILES string of the molecule is Cc1n[nH]c(C)c1C(c1c(C)n[nH]c1C)(c1c(C)n[nH]c1C)[N+](C)(C)C.[Cl-].[Cl-].[Ti]. The number of halogens is 2. The molecule has 0 spiro atoms. The summed E-state index contributed by atoms with van der Waals surface area (Å²) in [6.07, 6.45) is 0. The van der Waals surface area contributed by atoms with E-state index in [9.17, 15) is 0 Å². The number of hydrogen-bond donors (Lipinski definition) is 3. The van der Waals surface area contributed by atoms with Crippen LogP contribution in [0.1, 0.15) is 50.9 Å². The molecule has 3 aromatic heterocycles. The van der Waals surface area contributed by atoms with Gasteiger partial charge in [0.1, 0.15) is 0 Å². The van der Waals surface area contributed by atoms with E-state index in [1.54, 1.807) is 0 Å². The van der Waals surface area contributed by atoms with Crippen LogP contribution >= 0.6 is 0 Å². The molecule has 0 bridgehead atoms. The summed E-state index contributed by atoms with van der Waals surface area (Å²) in [5, 5.41) is 23.2. The van der Waals surface area contributed by atoms with Gasteiger partial charge >= 0.3 is 0 Å². The Labute approximate surface area is 200 Å². The van der Waals surface area contributed by atoms with Crippen molar-refractivity contribution in [2.75, 3.05) is 21.1 Å². The third kappa shape index (κ3) is 3.95. The zero-order chi connectivity index (χ0) is 19.4. The molecule has 0 atom stereocenters. The largest absolute Gasteiger partial charge is 1.00 e. The van der Waals surface area contributed by atoms with Gasteiger partial charge in [-0.1, -0.05) is 0 Å². The number of rotatable bonds is 4. The van der Waals surface area contributed by atoms with Gasteiger partial charge in [0.05, 0.1) is 54.9 Å². The molecular formula is C19H30Cl2N7Ti-. The van der Waals surface area contributed by atoms with Crippen molar-refractivity contribution in [2.24, 2.45) is 0 Å². The van der Waals surface area contributed by atoms with Gasteiger partial charge < -0.3 is 29.3 Å². The number of aromatic amines is 3. The second-order valence-electron chi connectivity index (χ2n) is 8.15. The molecule has 0 saturated heterocycles. The fourth-order valence-electron chi connectivity index (χ4n) is 4.63. The number of aromatic nitrogens is 6. The third-order valence-electron chi connectivity index (χ3n) is 5.48. The third-order valence-corrected chi connectivity index (χ3v) is 5.48. The summed E-state index contributed by atoms with van der Waals surface area (Å²) in [4.78, 5) is 0. The van der Waals surface area contributed by atoms with Crippen molar-refractivity contribution in [3.8, 4) is 0 Å². The van der Waals surface area contributed by atoms with E-state index in [4.69, 9.17) is 0 Å². The number of quaternary nitrogens is 1. The molecule has 0 amide bonds. The quantitative estimate of drug-likeness (QED) is 0.273. The van der Waals surface area contributed by atoms with Crippen molar-refractivity contribution in [3.05, 3.63) is 50.9 Å². The topological polar surface area (TPSA) is 86.0 Å². The maximum atomic E-state index is 4.54. The van der Waals surface area contributed by atoms with Crippen LogP contribution in [0.2, 0.25) is 0 Å². The number of nitrogens with zero attached hydrogens (tertiary/aromatic N) is 4. The Morgan fingerprint density at radius 3 is 0.966 bits per heavy atom. The van der Waals surface area contributed by atoms with Crippen LogP contribution in [0.15, 0.2) is 0 Å². The van der Waals surface area contributed by atoms with E-state index >= 15 is 0 Å². The van der Waals surface area contributed by atoms with Gasteiger partial charge in [0.25, 0.3) is 0 Å². The molecule has 0 aliphatic carbocycles. The zero-order valence-corrected chi connectivity index (χ0v) is 21.6. The predicted molar refractivity (Wildman–Crippen MR) is 102 cm³/mol. The summed E-state index contributed by atoms with van der Waals surface area (Å²) in [6.45, 7) is 12.5. The molecule has 3 heterocycles. The first kappa shape index (κ1) is 27.9. The molecule has 0 fully saturated rings. The van der Waals surface area contributed by atoms with E-state index in [0.29, 0.717) is 4.48 Å². The Balaban J connectivity index is 0.00000261. The standard InChI is InChI=1S/C19H30N7.2ClH.Ti/c1-10-16(11(2)21-20-10)19(26(7,8)9,17-12(3)22-23-13(17)4)18-14(5)24-25-15(18)6;;;/h1-9H3,(H,20,21)(H,22,23)(H,24,25);2*1H;/q+1;;;/p-2. The normalized spacial score (nSPS) is 11.5. The van der Waals surface area contributed by atoms with Crippen molar-refractivity contribution in [1.82, 2.24) is 30.6 Å². The van der Waals surface area contributed by atoms with Gasteiger partial charge in [-0.2, -0.15) is 15.3 Å². The number of aryl methyl sites for hydroxylation is 6. The fourth-order valence-corrected chi connectivity index (χ4v) is 4.63. The Hall–Kier alpha value is -1.12. The van der Waals surface area contributed by atoms with Crippen LogP contribution in [0.25, 0.3) is 0 Å². The van der Waals surface area contributed by atoms with E-state index in [2.05, 4.69) is 93.3 Å². The molecule has 7 nitrogen and oxygen atoms in total.